The minimum atomic E-state index is -0.524. The number of rotatable bonds is 5. The molecular weight excluding hydrogens is 370 g/mol. The summed E-state index contributed by atoms with van der Waals surface area (Å²) in [6.07, 6.45) is 7.06. The molecule has 5 rings (SSSR count). The van der Waals surface area contributed by atoms with Gasteiger partial charge in [0.2, 0.25) is 0 Å². The summed E-state index contributed by atoms with van der Waals surface area (Å²) < 4.78 is 2.30. The van der Waals surface area contributed by atoms with Crippen molar-refractivity contribution in [2.45, 2.75) is 31.2 Å². The molecule has 2 aliphatic rings. The summed E-state index contributed by atoms with van der Waals surface area (Å²) in [4.78, 5) is 17.2. The second-order valence-electron chi connectivity index (χ2n) is 7.64. The summed E-state index contributed by atoms with van der Waals surface area (Å²) in [7, 11) is 0. The quantitative estimate of drug-likeness (QED) is 0.505. The third-order valence-electron chi connectivity index (χ3n) is 5.89. The average molecular weight is 391 g/mol. The molecule has 2 aromatic heterocycles. The fraction of sp³-hybridized carbons (Fsp3) is 0.333. The Labute approximate surface area is 167 Å². The Morgan fingerprint density at radius 2 is 2.21 bits per heavy atom. The van der Waals surface area contributed by atoms with Gasteiger partial charge in [0.05, 0.1) is 18.8 Å². The van der Waals surface area contributed by atoms with E-state index in [4.69, 9.17) is 0 Å². The van der Waals surface area contributed by atoms with Crippen molar-refractivity contribution in [3.8, 4) is 5.82 Å². The zero-order valence-corrected chi connectivity index (χ0v) is 15.7. The van der Waals surface area contributed by atoms with Crippen LogP contribution in [-0.4, -0.2) is 32.4 Å². The molecule has 1 amide bonds. The maximum Gasteiger partial charge on any atom is 0.328 e. The largest absolute Gasteiger partial charge is 0.710 e. The van der Waals surface area contributed by atoms with E-state index >= 15 is 0 Å². The highest BCUT2D eigenvalue weighted by Crippen LogP contribution is 2.55. The Kier molecular flexibility index (Phi) is 4.28. The monoisotopic (exact) mass is 391 g/mol. The zero-order chi connectivity index (χ0) is 20.0. The molecule has 8 heteroatoms. The number of nitrogens with zero attached hydrogens (tertiary/aromatic N) is 4. The lowest BCUT2D eigenvalue weighted by Crippen LogP contribution is -2.33. The first kappa shape index (κ1) is 17.8. The third kappa shape index (κ3) is 3.05. The van der Waals surface area contributed by atoms with Gasteiger partial charge in [0.25, 0.3) is 5.91 Å². The predicted octanol–water partition coefficient (Wildman–Crippen LogP) is 1.41. The highest BCUT2D eigenvalue weighted by Gasteiger charge is 2.50. The standard InChI is InChI=1S/C21H21N5O3/c27-12-17(13-4-2-1-3-5-13)23-21(28)19-15-7-6-14-10-16(14)20(15)26(24-19)18-11-22-8-9-25(18)29/h1-5,8-9,11,14,16-17,27H,6-7,10,12H2,(H,23,28)/t14-,16+,17?/m1/s1. The second kappa shape index (κ2) is 6.97. The van der Waals surface area contributed by atoms with E-state index < -0.39 is 6.04 Å². The summed E-state index contributed by atoms with van der Waals surface area (Å²) in [5, 5.41) is 29.5. The first-order chi connectivity index (χ1) is 14.2. The Morgan fingerprint density at radius 3 is 2.97 bits per heavy atom. The number of hydrogen-bond donors (Lipinski definition) is 2. The van der Waals surface area contributed by atoms with Gasteiger partial charge in [0, 0.05) is 11.5 Å². The molecule has 2 heterocycles. The molecule has 1 saturated carbocycles. The number of hydrogen-bond acceptors (Lipinski definition) is 5. The third-order valence-corrected chi connectivity index (χ3v) is 5.89. The number of nitrogens with one attached hydrogen (secondary N) is 1. The molecule has 0 aliphatic heterocycles. The molecule has 1 aromatic carbocycles. The van der Waals surface area contributed by atoms with Crippen LogP contribution in [0.15, 0.2) is 48.9 Å². The van der Waals surface area contributed by atoms with Crippen LogP contribution in [-0.2, 0) is 6.42 Å². The molecule has 0 spiro atoms. The lowest BCUT2D eigenvalue weighted by molar-refractivity contribution is -0.600. The van der Waals surface area contributed by atoms with Gasteiger partial charge in [0.15, 0.2) is 5.69 Å². The number of carbonyl (C=O) groups is 1. The van der Waals surface area contributed by atoms with Gasteiger partial charge >= 0.3 is 5.82 Å². The summed E-state index contributed by atoms with van der Waals surface area (Å²) in [5.41, 5.74) is 2.99. The van der Waals surface area contributed by atoms with Crippen molar-refractivity contribution < 1.29 is 14.6 Å². The van der Waals surface area contributed by atoms with Crippen LogP contribution in [0.1, 0.15) is 52.1 Å². The molecule has 148 valence electrons. The van der Waals surface area contributed by atoms with E-state index in [9.17, 15) is 15.1 Å². The molecule has 0 radical (unpaired) electrons. The Morgan fingerprint density at radius 1 is 1.38 bits per heavy atom. The molecule has 3 aromatic rings. The highest BCUT2D eigenvalue weighted by atomic mass is 16.5. The first-order valence-corrected chi connectivity index (χ1v) is 9.79. The van der Waals surface area contributed by atoms with Gasteiger partial charge in [-0.2, -0.15) is 0 Å². The molecule has 29 heavy (non-hydrogen) atoms. The van der Waals surface area contributed by atoms with Crippen LogP contribution in [0.4, 0.5) is 0 Å². The van der Waals surface area contributed by atoms with Crippen molar-refractivity contribution in [3.05, 3.63) is 76.6 Å². The van der Waals surface area contributed by atoms with Crippen molar-refractivity contribution in [1.29, 1.82) is 0 Å². The van der Waals surface area contributed by atoms with Crippen molar-refractivity contribution >= 4 is 5.91 Å². The number of amides is 1. The van der Waals surface area contributed by atoms with E-state index in [1.165, 1.54) is 18.6 Å². The number of benzene rings is 1. The van der Waals surface area contributed by atoms with Crippen LogP contribution in [0, 0.1) is 11.1 Å². The lowest BCUT2D eigenvalue weighted by atomic mass is 9.95. The van der Waals surface area contributed by atoms with Crippen molar-refractivity contribution in [2.75, 3.05) is 6.61 Å². The number of aliphatic hydroxyl groups excluding tert-OH is 1. The van der Waals surface area contributed by atoms with Gasteiger partial charge in [0.1, 0.15) is 18.1 Å². The minimum absolute atomic E-state index is 0.216. The summed E-state index contributed by atoms with van der Waals surface area (Å²) in [6.45, 7) is -0.216. The number of carbonyl (C=O) groups excluding carboxylic acids is 1. The van der Waals surface area contributed by atoms with Gasteiger partial charge in [-0.15, -0.1) is 0 Å². The number of aliphatic hydroxyl groups is 1. The predicted molar refractivity (Wildman–Crippen MR) is 103 cm³/mol. The molecule has 8 nitrogen and oxygen atoms in total. The molecule has 1 unspecified atom stereocenters. The van der Waals surface area contributed by atoms with Crippen LogP contribution in [0.3, 0.4) is 0 Å². The Balaban J connectivity index is 1.53. The molecular formula is C21H21N5O3. The van der Waals surface area contributed by atoms with Gasteiger partial charge in [-0.1, -0.05) is 40.1 Å². The molecule has 0 saturated heterocycles. The number of aromatic nitrogens is 4. The fourth-order valence-corrected chi connectivity index (χ4v) is 4.32. The van der Waals surface area contributed by atoms with Gasteiger partial charge in [-0.3, -0.25) is 9.78 Å². The first-order valence-electron chi connectivity index (χ1n) is 9.79. The Bertz CT molecular complexity index is 1070. The minimum Gasteiger partial charge on any atom is -0.710 e. The molecule has 0 bridgehead atoms. The summed E-state index contributed by atoms with van der Waals surface area (Å²) in [5.74, 6) is 0.872. The van der Waals surface area contributed by atoms with Crippen LogP contribution in [0.5, 0.6) is 0 Å². The smallest absolute Gasteiger partial charge is 0.328 e. The normalized spacial score (nSPS) is 20.4. The van der Waals surface area contributed by atoms with E-state index in [0.717, 1.165) is 36.1 Å². The summed E-state index contributed by atoms with van der Waals surface area (Å²) in [6, 6.07) is 8.81. The second-order valence-corrected chi connectivity index (χ2v) is 7.64. The van der Waals surface area contributed by atoms with Crippen LogP contribution in [0.25, 0.3) is 5.82 Å². The van der Waals surface area contributed by atoms with Crippen LogP contribution in [0.2, 0.25) is 0 Å². The van der Waals surface area contributed by atoms with Gasteiger partial charge < -0.3 is 15.6 Å². The number of fused-ring (bicyclic) bond motifs is 3. The van der Waals surface area contributed by atoms with Crippen molar-refractivity contribution in [3.63, 3.8) is 0 Å². The summed E-state index contributed by atoms with van der Waals surface area (Å²) >= 11 is 0. The van der Waals surface area contributed by atoms with Crippen molar-refractivity contribution in [2.24, 2.45) is 5.92 Å². The van der Waals surface area contributed by atoms with Gasteiger partial charge in [-0.05, 0) is 30.7 Å². The topological polar surface area (TPSA) is 107 Å². The SMILES string of the molecule is O=C(NC(CO)c1ccccc1)c1nn(-c2cncc[n+]2[O-])c2c1CC[C@@H]1C[C@H]21. The maximum absolute atomic E-state index is 13.1. The van der Waals surface area contributed by atoms with E-state index in [0.29, 0.717) is 22.3 Å². The van der Waals surface area contributed by atoms with E-state index in [2.05, 4.69) is 15.4 Å². The average Bonchev–Trinajstić information content (AvgIpc) is 3.45. The molecule has 2 N–H and O–H groups in total. The van der Waals surface area contributed by atoms with Crippen molar-refractivity contribution in [1.82, 2.24) is 20.1 Å². The molecule has 3 atom stereocenters. The van der Waals surface area contributed by atoms with Crippen LogP contribution < -0.4 is 10.0 Å². The fourth-order valence-electron chi connectivity index (χ4n) is 4.32. The van der Waals surface area contributed by atoms with E-state index in [1.54, 1.807) is 4.68 Å². The van der Waals surface area contributed by atoms with E-state index in [1.807, 2.05) is 30.3 Å². The Hall–Kier alpha value is -3.26. The molecule has 2 aliphatic carbocycles. The highest BCUT2D eigenvalue weighted by molar-refractivity contribution is 5.94. The van der Waals surface area contributed by atoms with Gasteiger partial charge in [-0.25, -0.2) is 4.73 Å². The maximum atomic E-state index is 13.1. The lowest BCUT2D eigenvalue weighted by Gasteiger charge is -2.16. The molecule has 1 fully saturated rings. The van der Waals surface area contributed by atoms with E-state index in [-0.39, 0.29) is 18.3 Å². The van der Waals surface area contributed by atoms with Crippen LogP contribution >= 0.6 is 0 Å². The zero-order valence-electron chi connectivity index (χ0n) is 15.7.